The fourth-order valence-corrected chi connectivity index (χ4v) is 2.99. The molecule has 25 heavy (non-hydrogen) atoms. The number of benzene rings is 1. The Bertz CT molecular complexity index is 820. The first-order valence-corrected chi connectivity index (χ1v) is 8.44. The number of hydrogen-bond donors (Lipinski definition) is 0. The summed E-state index contributed by atoms with van der Waals surface area (Å²) in [5.74, 6) is 3.09. The molecule has 0 N–H and O–H groups in total. The zero-order chi connectivity index (χ0) is 17.6. The quantitative estimate of drug-likeness (QED) is 0.769. The molecule has 2 heterocycles. The van der Waals surface area contributed by atoms with E-state index in [2.05, 4.69) is 21.8 Å². The molecule has 0 bridgehead atoms. The maximum Gasteiger partial charge on any atom is 0.227 e. The third-order valence-corrected chi connectivity index (χ3v) is 4.32. The Balaban J connectivity index is 1.56. The second kappa shape index (κ2) is 8.11. The van der Waals surface area contributed by atoms with Gasteiger partial charge in [0.25, 0.3) is 0 Å². The van der Waals surface area contributed by atoms with E-state index >= 15 is 0 Å². The van der Waals surface area contributed by atoms with Crippen molar-refractivity contribution in [3.8, 4) is 18.1 Å². The van der Waals surface area contributed by atoms with Gasteiger partial charge in [-0.05, 0) is 18.2 Å². The summed E-state index contributed by atoms with van der Waals surface area (Å²) in [6, 6.07) is 9.35. The van der Waals surface area contributed by atoms with Gasteiger partial charge in [-0.2, -0.15) is 0 Å². The van der Waals surface area contributed by atoms with Gasteiger partial charge in [0.15, 0.2) is 0 Å². The molecule has 1 aromatic heterocycles. The SMILES string of the molecule is C#CCOc1coc(CN2CCN(c3cccc(Cl)c3)CC2)cc1=O. The third kappa shape index (κ3) is 4.56. The topological polar surface area (TPSA) is 45.9 Å². The van der Waals surface area contributed by atoms with Crippen LogP contribution in [-0.4, -0.2) is 37.7 Å². The highest BCUT2D eigenvalue weighted by Crippen LogP contribution is 2.21. The average Bonchev–Trinajstić information content (AvgIpc) is 2.62. The van der Waals surface area contributed by atoms with Gasteiger partial charge < -0.3 is 14.1 Å². The maximum absolute atomic E-state index is 12.0. The van der Waals surface area contributed by atoms with Crippen molar-refractivity contribution in [2.24, 2.45) is 0 Å². The number of ether oxygens (including phenoxy) is 1. The van der Waals surface area contributed by atoms with Crippen molar-refractivity contribution in [3.63, 3.8) is 0 Å². The highest BCUT2D eigenvalue weighted by molar-refractivity contribution is 6.30. The number of terminal acetylenes is 1. The minimum Gasteiger partial charge on any atom is -0.474 e. The molecule has 1 aliphatic heterocycles. The zero-order valence-corrected chi connectivity index (χ0v) is 14.5. The van der Waals surface area contributed by atoms with Crippen molar-refractivity contribution in [2.45, 2.75) is 6.54 Å². The lowest BCUT2D eigenvalue weighted by Gasteiger charge is -2.35. The number of rotatable bonds is 5. The van der Waals surface area contributed by atoms with Crippen molar-refractivity contribution < 1.29 is 9.15 Å². The lowest BCUT2D eigenvalue weighted by atomic mass is 10.2. The molecule has 5 nitrogen and oxygen atoms in total. The minimum atomic E-state index is -0.214. The van der Waals surface area contributed by atoms with E-state index in [0.29, 0.717) is 12.3 Å². The molecule has 0 saturated carbocycles. The first kappa shape index (κ1) is 17.4. The second-order valence-corrected chi connectivity index (χ2v) is 6.25. The number of hydrogen-bond acceptors (Lipinski definition) is 5. The molecule has 0 aliphatic carbocycles. The highest BCUT2D eigenvalue weighted by atomic mass is 35.5. The molecule has 1 saturated heterocycles. The number of piperazine rings is 1. The fourth-order valence-electron chi connectivity index (χ4n) is 2.80. The Hall–Kier alpha value is -2.42. The van der Waals surface area contributed by atoms with Crippen LogP contribution in [-0.2, 0) is 6.54 Å². The van der Waals surface area contributed by atoms with E-state index in [0.717, 1.165) is 36.9 Å². The van der Waals surface area contributed by atoms with Gasteiger partial charge in [-0.25, -0.2) is 0 Å². The molecule has 0 amide bonds. The summed E-state index contributed by atoms with van der Waals surface area (Å²) in [5.41, 5.74) is 0.919. The molecule has 6 heteroatoms. The number of halogens is 1. The van der Waals surface area contributed by atoms with Crippen molar-refractivity contribution in [1.29, 1.82) is 0 Å². The van der Waals surface area contributed by atoms with Crippen LogP contribution in [0.3, 0.4) is 0 Å². The van der Waals surface area contributed by atoms with E-state index in [9.17, 15) is 4.79 Å². The van der Waals surface area contributed by atoms with Crippen LogP contribution in [0.4, 0.5) is 5.69 Å². The van der Waals surface area contributed by atoms with Gasteiger partial charge in [0.1, 0.15) is 18.6 Å². The minimum absolute atomic E-state index is 0.0512. The first-order valence-electron chi connectivity index (χ1n) is 8.06. The van der Waals surface area contributed by atoms with Gasteiger partial charge in [0, 0.05) is 43.0 Å². The molecule has 0 radical (unpaired) electrons. The Morgan fingerprint density at radius 1 is 1.24 bits per heavy atom. The highest BCUT2D eigenvalue weighted by Gasteiger charge is 2.18. The van der Waals surface area contributed by atoms with Gasteiger partial charge in [0.2, 0.25) is 11.2 Å². The van der Waals surface area contributed by atoms with E-state index in [1.807, 2.05) is 18.2 Å². The lowest BCUT2D eigenvalue weighted by Crippen LogP contribution is -2.46. The van der Waals surface area contributed by atoms with E-state index < -0.39 is 0 Å². The van der Waals surface area contributed by atoms with Gasteiger partial charge >= 0.3 is 0 Å². The third-order valence-electron chi connectivity index (χ3n) is 4.09. The predicted octanol–water partition coefficient (Wildman–Crippen LogP) is 2.63. The molecule has 0 spiro atoms. The first-order chi connectivity index (χ1) is 12.2. The summed E-state index contributed by atoms with van der Waals surface area (Å²) in [5, 5.41) is 0.744. The van der Waals surface area contributed by atoms with Crippen LogP contribution in [0.25, 0.3) is 0 Å². The fraction of sp³-hybridized carbons (Fsp3) is 0.316. The molecule has 0 atom stereocenters. The number of nitrogens with zero attached hydrogens (tertiary/aromatic N) is 2. The van der Waals surface area contributed by atoms with Crippen LogP contribution in [0.15, 0.2) is 45.8 Å². The van der Waals surface area contributed by atoms with Crippen LogP contribution in [0.1, 0.15) is 5.76 Å². The summed E-state index contributed by atoms with van der Waals surface area (Å²) in [6.45, 7) is 4.20. The standard InChI is InChI=1S/C19H19ClN2O3/c1-2-10-24-19-14-25-17(12-18(19)23)13-21-6-8-22(9-7-21)16-5-3-4-15(20)11-16/h1,3-5,11-12,14H,6-10,13H2. The largest absolute Gasteiger partial charge is 0.474 e. The molecule has 1 aliphatic rings. The molecular formula is C19H19ClN2O3. The molecule has 1 fully saturated rings. The molecule has 2 aromatic rings. The second-order valence-electron chi connectivity index (χ2n) is 5.81. The van der Waals surface area contributed by atoms with Gasteiger partial charge in [-0.3, -0.25) is 9.69 Å². The van der Waals surface area contributed by atoms with Gasteiger partial charge in [-0.15, -0.1) is 6.42 Å². The predicted molar refractivity (Wildman–Crippen MR) is 98.2 cm³/mol. The monoisotopic (exact) mass is 358 g/mol. The summed E-state index contributed by atoms with van der Waals surface area (Å²) in [6.07, 6.45) is 6.45. The van der Waals surface area contributed by atoms with Crippen molar-refractivity contribution in [1.82, 2.24) is 4.90 Å². The normalized spacial score (nSPS) is 15.0. The lowest BCUT2D eigenvalue weighted by molar-refractivity contribution is 0.226. The zero-order valence-electron chi connectivity index (χ0n) is 13.8. The van der Waals surface area contributed by atoms with Crippen LogP contribution in [0.5, 0.6) is 5.75 Å². The van der Waals surface area contributed by atoms with E-state index in [1.165, 1.54) is 12.3 Å². The van der Waals surface area contributed by atoms with Crippen LogP contribution >= 0.6 is 11.6 Å². The van der Waals surface area contributed by atoms with Crippen molar-refractivity contribution in [3.05, 3.63) is 57.6 Å². The van der Waals surface area contributed by atoms with Crippen LogP contribution < -0.4 is 15.1 Å². The molecule has 3 rings (SSSR count). The average molecular weight is 359 g/mol. The Labute approximate surface area is 151 Å². The Kier molecular flexibility index (Phi) is 5.64. The van der Waals surface area contributed by atoms with E-state index in [4.69, 9.17) is 27.2 Å². The summed E-state index contributed by atoms with van der Waals surface area (Å²) in [7, 11) is 0. The van der Waals surface area contributed by atoms with Crippen molar-refractivity contribution >= 4 is 17.3 Å². The molecule has 0 unspecified atom stereocenters. The van der Waals surface area contributed by atoms with Crippen molar-refractivity contribution in [2.75, 3.05) is 37.7 Å². The smallest absolute Gasteiger partial charge is 0.227 e. The van der Waals surface area contributed by atoms with Gasteiger partial charge in [-0.1, -0.05) is 23.6 Å². The maximum atomic E-state index is 12.0. The van der Waals surface area contributed by atoms with E-state index in [1.54, 1.807) is 0 Å². The van der Waals surface area contributed by atoms with Gasteiger partial charge in [0.05, 0.1) is 6.54 Å². The Morgan fingerprint density at radius 3 is 2.72 bits per heavy atom. The molecule has 130 valence electrons. The Morgan fingerprint density at radius 2 is 2.04 bits per heavy atom. The summed E-state index contributed by atoms with van der Waals surface area (Å²) in [4.78, 5) is 16.5. The van der Waals surface area contributed by atoms with Crippen LogP contribution in [0, 0.1) is 12.3 Å². The molecular weight excluding hydrogens is 340 g/mol. The van der Waals surface area contributed by atoms with Crippen LogP contribution in [0.2, 0.25) is 5.02 Å². The molecule has 1 aromatic carbocycles. The summed E-state index contributed by atoms with van der Waals surface area (Å²) >= 11 is 6.06. The van der Waals surface area contributed by atoms with E-state index in [-0.39, 0.29) is 17.8 Å². The number of anilines is 1. The summed E-state index contributed by atoms with van der Waals surface area (Å²) < 4.78 is 10.6.